The Bertz CT molecular complexity index is 471. The van der Waals surface area contributed by atoms with Gasteiger partial charge < -0.3 is 5.73 Å². The third-order valence-electron chi connectivity index (χ3n) is 2.05. The van der Waals surface area contributed by atoms with Gasteiger partial charge in [0.1, 0.15) is 5.78 Å². The molecule has 7 heteroatoms. The molecule has 0 aliphatic carbocycles. The third-order valence-corrected chi connectivity index (χ3v) is 4.03. The average Bonchev–Trinajstić information content (AvgIpc) is 2.26. The van der Waals surface area contributed by atoms with E-state index in [1.165, 1.54) is 24.3 Å². The molecule has 1 rings (SSSR count). The van der Waals surface area contributed by atoms with Crippen molar-refractivity contribution in [3.05, 3.63) is 29.3 Å². The molecule has 0 radical (unpaired) electrons. The third kappa shape index (κ3) is 5.04. The van der Waals surface area contributed by atoms with Crippen LogP contribution >= 0.6 is 24.0 Å². The first-order valence-corrected chi connectivity index (χ1v) is 6.69. The molecule has 0 spiro atoms. The van der Waals surface area contributed by atoms with E-state index in [1.54, 1.807) is 0 Å². The second-order valence-electron chi connectivity index (χ2n) is 3.27. The first-order chi connectivity index (χ1) is 7.45. The monoisotopic (exact) mass is 297 g/mol. The summed E-state index contributed by atoms with van der Waals surface area (Å²) < 4.78 is 23.5. The summed E-state index contributed by atoms with van der Waals surface area (Å²) in [5.74, 6) is -0.484. The number of sulfone groups is 1. The fourth-order valence-electron chi connectivity index (χ4n) is 1.11. The van der Waals surface area contributed by atoms with Crippen LogP contribution in [0.25, 0.3) is 0 Å². The Morgan fingerprint density at radius 3 is 2.24 bits per heavy atom. The molecule has 0 aliphatic rings. The molecule has 2 N–H and O–H groups in total. The molecule has 0 saturated carbocycles. The molecule has 0 atom stereocenters. The number of halogens is 2. The summed E-state index contributed by atoms with van der Waals surface area (Å²) in [6.45, 7) is -0.129. The highest BCUT2D eigenvalue weighted by atomic mass is 35.5. The summed E-state index contributed by atoms with van der Waals surface area (Å²) in [5, 5.41) is 0.469. The normalized spacial score (nSPS) is 10.7. The predicted octanol–water partition coefficient (Wildman–Crippen LogP) is 1.45. The maximum Gasteiger partial charge on any atom is 0.178 e. The fourth-order valence-corrected chi connectivity index (χ4v) is 2.52. The van der Waals surface area contributed by atoms with E-state index in [1.807, 2.05) is 0 Å². The Morgan fingerprint density at radius 1 is 1.24 bits per heavy atom. The summed E-state index contributed by atoms with van der Waals surface area (Å²) in [4.78, 5) is 11.1. The highest BCUT2D eigenvalue weighted by Gasteiger charge is 2.15. The molecular formula is C10H13Cl2NO3S. The van der Waals surface area contributed by atoms with Crippen molar-refractivity contribution in [3.8, 4) is 0 Å². The van der Waals surface area contributed by atoms with Crippen molar-refractivity contribution in [1.82, 2.24) is 0 Å². The lowest BCUT2D eigenvalue weighted by Gasteiger charge is -2.03. The molecule has 1 aromatic rings. The zero-order valence-electron chi connectivity index (χ0n) is 8.93. The van der Waals surface area contributed by atoms with E-state index in [-0.39, 0.29) is 41.8 Å². The first kappa shape index (κ1) is 16.4. The number of ketones is 1. The number of carbonyl (C=O) groups excluding carboxylic acids is 1. The van der Waals surface area contributed by atoms with Crippen LogP contribution in [0.1, 0.15) is 6.42 Å². The van der Waals surface area contributed by atoms with Crippen molar-refractivity contribution in [2.45, 2.75) is 11.3 Å². The Kier molecular flexibility index (Phi) is 6.70. The van der Waals surface area contributed by atoms with Gasteiger partial charge in [0, 0.05) is 11.4 Å². The molecule has 96 valence electrons. The second kappa shape index (κ2) is 6.96. The SMILES string of the molecule is Cl.NCC(=O)CCS(=O)(=O)c1ccc(Cl)cc1. The van der Waals surface area contributed by atoms with Crippen LogP contribution in [0.15, 0.2) is 29.2 Å². The number of carbonyl (C=O) groups is 1. The molecular weight excluding hydrogens is 285 g/mol. The van der Waals surface area contributed by atoms with E-state index < -0.39 is 9.84 Å². The molecule has 0 heterocycles. The Balaban J connectivity index is 0.00000256. The molecule has 0 amide bonds. The lowest BCUT2D eigenvalue weighted by Crippen LogP contribution is -2.18. The molecule has 0 saturated heterocycles. The van der Waals surface area contributed by atoms with E-state index in [2.05, 4.69) is 0 Å². The zero-order chi connectivity index (χ0) is 12.2. The molecule has 1 aromatic carbocycles. The van der Waals surface area contributed by atoms with Gasteiger partial charge >= 0.3 is 0 Å². The van der Waals surface area contributed by atoms with Crippen LogP contribution in [-0.4, -0.2) is 26.5 Å². The van der Waals surface area contributed by atoms with E-state index in [0.717, 1.165) is 0 Å². The van der Waals surface area contributed by atoms with Crippen LogP contribution in [0, 0.1) is 0 Å². The Labute approximate surface area is 111 Å². The van der Waals surface area contributed by atoms with Gasteiger partial charge in [-0.05, 0) is 24.3 Å². The highest BCUT2D eigenvalue weighted by molar-refractivity contribution is 7.91. The van der Waals surface area contributed by atoms with Gasteiger partial charge in [-0.2, -0.15) is 0 Å². The Morgan fingerprint density at radius 2 is 1.76 bits per heavy atom. The van der Waals surface area contributed by atoms with Crippen molar-refractivity contribution in [3.63, 3.8) is 0 Å². The number of hydrogen-bond donors (Lipinski definition) is 1. The van der Waals surface area contributed by atoms with Gasteiger partial charge in [0.2, 0.25) is 0 Å². The van der Waals surface area contributed by atoms with E-state index in [9.17, 15) is 13.2 Å². The molecule has 0 fully saturated rings. The maximum atomic E-state index is 11.7. The van der Waals surface area contributed by atoms with Crippen LogP contribution in [0.5, 0.6) is 0 Å². The topological polar surface area (TPSA) is 77.2 Å². The van der Waals surface area contributed by atoms with E-state index >= 15 is 0 Å². The molecule has 0 aromatic heterocycles. The van der Waals surface area contributed by atoms with Crippen LogP contribution in [0.2, 0.25) is 5.02 Å². The second-order valence-corrected chi connectivity index (χ2v) is 5.81. The van der Waals surface area contributed by atoms with E-state index in [4.69, 9.17) is 17.3 Å². The molecule has 17 heavy (non-hydrogen) atoms. The smallest absolute Gasteiger partial charge is 0.178 e. The van der Waals surface area contributed by atoms with Crippen molar-refractivity contribution in [2.24, 2.45) is 5.73 Å². The minimum atomic E-state index is -3.42. The van der Waals surface area contributed by atoms with E-state index in [0.29, 0.717) is 5.02 Å². The van der Waals surface area contributed by atoms with Gasteiger partial charge in [-0.1, -0.05) is 11.6 Å². The van der Waals surface area contributed by atoms with Crippen LogP contribution in [0.4, 0.5) is 0 Å². The fraction of sp³-hybridized carbons (Fsp3) is 0.300. The number of rotatable bonds is 5. The van der Waals surface area contributed by atoms with Crippen LogP contribution < -0.4 is 5.73 Å². The predicted molar refractivity (Wildman–Crippen MR) is 69.4 cm³/mol. The number of nitrogens with two attached hydrogens (primary N) is 1. The maximum absolute atomic E-state index is 11.7. The lowest BCUT2D eigenvalue weighted by atomic mass is 10.3. The van der Waals surface area contributed by atoms with Gasteiger partial charge in [0.05, 0.1) is 17.2 Å². The van der Waals surface area contributed by atoms with Crippen molar-refractivity contribution in [2.75, 3.05) is 12.3 Å². The summed E-state index contributed by atoms with van der Waals surface area (Å²) in [7, 11) is -3.42. The molecule has 0 bridgehead atoms. The minimum Gasteiger partial charge on any atom is -0.324 e. The van der Waals surface area contributed by atoms with Crippen LogP contribution in [0.3, 0.4) is 0 Å². The molecule has 4 nitrogen and oxygen atoms in total. The van der Waals surface area contributed by atoms with Crippen molar-refractivity contribution in [1.29, 1.82) is 0 Å². The summed E-state index contributed by atoms with van der Waals surface area (Å²) >= 11 is 5.65. The standard InChI is InChI=1S/C10H12ClNO3S.ClH/c11-8-1-3-10(4-2-8)16(14,15)6-5-9(13)7-12;/h1-4H,5-7,12H2;1H. The zero-order valence-corrected chi connectivity index (χ0v) is 11.3. The quantitative estimate of drug-likeness (QED) is 0.892. The van der Waals surface area contributed by atoms with Gasteiger partial charge in [-0.3, -0.25) is 4.79 Å². The molecule has 0 unspecified atom stereocenters. The van der Waals surface area contributed by atoms with Crippen LogP contribution in [-0.2, 0) is 14.6 Å². The van der Waals surface area contributed by atoms with Crippen molar-refractivity contribution >= 4 is 39.6 Å². The van der Waals surface area contributed by atoms with Crippen molar-refractivity contribution < 1.29 is 13.2 Å². The van der Waals surface area contributed by atoms with Gasteiger partial charge in [0.15, 0.2) is 9.84 Å². The van der Waals surface area contributed by atoms with Gasteiger partial charge in [-0.15, -0.1) is 12.4 Å². The minimum absolute atomic E-state index is 0. The number of Topliss-reactive ketones (excluding diaryl/α,β-unsaturated/α-hetero) is 1. The average molecular weight is 298 g/mol. The summed E-state index contributed by atoms with van der Waals surface area (Å²) in [6.07, 6.45) is -0.0541. The molecule has 0 aliphatic heterocycles. The highest BCUT2D eigenvalue weighted by Crippen LogP contribution is 2.15. The lowest BCUT2D eigenvalue weighted by molar-refractivity contribution is -0.117. The van der Waals surface area contributed by atoms with Gasteiger partial charge in [0.25, 0.3) is 0 Å². The van der Waals surface area contributed by atoms with Gasteiger partial charge in [-0.25, -0.2) is 8.42 Å². The Hall–Kier alpha value is -0.620. The number of benzene rings is 1. The largest absolute Gasteiger partial charge is 0.324 e. The summed E-state index contributed by atoms with van der Waals surface area (Å²) in [5.41, 5.74) is 5.10. The summed E-state index contributed by atoms with van der Waals surface area (Å²) in [6, 6.07) is 5.84. The number of hydrogen-bond acceptors (Lipinski definition) is 4. The first-order valence-electron chi connectivity index (χ1n) is 4.66.